The number of rotatable bonds is 13. The Balaban J connectivity index is 1.51. The molecule has 2 aliphatic heterocycles. The Morgan fingerprint density at radius 2 is 1.75 bits per heavy atom. The minimum atomic E-state index is -3.93. The molecule has 0 aliphatic carbocycles. The van der Waals surface area contributed by atoms with Gasteiger partial charge in [-0.05, 0) is 42.2 Å². The van der Waals surface area contributed by atoms with Gasteiger partial charge in [0.15, 0.2) is 6.29 Å². The molecule has 4 rings (SSSR count). The number of sulfonamides is 1. The summed E-state index contributed by atoms with van der Waals surface area (Å²) >= 11 is 0. The molecule has 11 heteroatoms. The van der Waals surface area contributed by atoms with Gasteiger partial charge in [-0.3, -0.25) is 4.79 Å². The Morgan fingerprint density at radius 1 is 1.07 bits per heavy atom. The first-order valence-electron chi connectivity index (χ1n) is 13.6. The van der Waals surface area contributed by atoms with Crippen molar-refractivity contribution in [1.82, 2.24) is 4.31 Å². The van der Waals surface area contributed by atoms with Crippen molar-refractivity contribution in [2.24, 2.45) is 23.5 Å². The van der Waals surface area contributed by atoms with Crippen molar-refractivity contribution in [1.29, 1.82) is 0 Å². The van der Waals surface area contributed by atoms with E-state index in [1.807, 2.05) is 44.2 Å². The van der Waals surface area contributed by atoms with Crippen LogP contribution in [-0.2, 0) is 35.4 Å². The summed E-state index contributed by atoms with van der Waals surface area (Å²) in [6, 6.07) is 15.3. The van der Waals surface area contributed by atoms with E-state index in [2.05, 4.69) is 0 Å². The average molecular weight is 577 g/mol. The Morgan fingerprint density at radius 3 is 2.40 bits per heavy atom. The van der Waals surface area contributed by atoms with Crippen molar-refractivity contribution >= 4 is 16.0 Å². The highest BCUT2D eigenvalue weighted by Gasteiger charge is 2.48. The van der Waals surface area contributed by atoms with Crippen LogP contribution in [0, 0.1) is 17.8 Å². The summed E-state index contributed by atoms with van der Waals surface area (Å²) in [5.74, 6) is -0.785. The topological polar surface area (TPSA) is 138 Å². The van der Waals surface area contributed by atoms with Crippen molar-refractivity contribution in [3.63, 3.8) is 0 Å². The quantitative estimate of drug-likeness (QED) is 0.344. The molecule has 0 spiro atoms. The minimum Gasteiger partial charge on any atom is -0.497 e. The largest absolute Gasteiger partial charge is 0.497 e. The van der Waals surface area contributed by atoms with E-state index in [0.29, 0.717) is 18.8 Å². The van der Waals surface area contributed by atoms with Gasteiger partial charge >= 0.3 is 5.97 Å². The molecular formula is C29H40N2O8S. The lowest BCUT2D eigenvalue weighted by Crippen LogP contribution is -2.43. The molecule has 220 valence electrons. The molecule has 2 saturated heterocycles. The maximum absolute atomic E-state index is 13.6. The van der Waals surface area contributed by atoms with E-state index in [1.54, 1.807) is 12.1 Å². The van der Waals surface area contributed by atoms with Gasteiger partial charge in [0.1, 0.15) is 11.9 Å². The van der Waals surface area contributed by atoms with Gasteiger partial charge in [0, 0.05) is 25.0 Å². The van der Waals surface area contributed by atoms with Gasteiger partial charge in [-0.1, -0.05) is 44.2 Å². The number of aliphatic hydroxyl groups excluding tert-OH is 1. The van der Waals surface area contributed by atoms with Gasteiger partial charge < -0.3 is 29.8 Å². The van der Waals surface area contributed by atoms with Gasteiger partial charge in [-0.25, -0.2) is 8.42 Å². The summed E-state index contributed by atoms with van der Waals surface area (Å²) in [5, 5.41) is 11.4. The van der Waals surface area contributed by atoms with Crippen LogP contribution in [-0.4, -0.2) is 81.8 Å². The Kier molecular flexibility index (Phi) is 10.2. The monoisotopic (exact) mass is 576 g/mol. The number of ether oxygens (including phenoxy) is 4. The molecule has 2 aromatic rings. The predicted molar refractivity (Wildman–Crippen MR) is 148 cm³/mol. The zero-order chi connectivity index (χ0) is 28.9. The highest BCUT2D eigenvalue weighted by molar-refractivity contribution is 7.89. The second kappa shape index (κ2) is 13.4. The normalized spacial score (nSPS) is 24.2. The third-order valence-corrected chi connectivity index (χ3v) is 9.21. The maximum Gasteiger partial charge on any atom is 0.306 e. The van der Waals surface area contributed by atoms with E-state index in [9.17, 15) is 18.3 Å². The Bertz CT molecular complexity index is 1210. The summed E-state index contributed by atoms with van der Waals surface area (Å²) in [4.78, 5) is 13.2. The van der Waals surface area contributed by atoms with E-state index in [4.69, 9.17) is 24.7 Å². The van der Waals surface area contributed by atoms with Crippen LogP contribution < -0.4 is 10.5 Å². The van der Waals surface area contributed by atoms with Gasteiger partial charge in [0.25, 0.3) is 0 Å². The van der Waals surface area contributed by atoms with E-state index < -0.39 is 40.4 Å². The second-order valence-corrected chi connectivity index (χ2v) is 12.9. The molecule has 0 unspecified atom stereocenters. The number of hydrogen-bond donors (Lipinski definition) is 2. The number of esters is 1. The molecule has 10 nitrogen and oxygen atoms in total. The first kappa shape index (κ1) is 30.4. The fourth-order valence-corrected chi connectivity index (χ4v) is 6.90. The first-order chi connectivity index (χ1) is 19.1. The minimum absolute atomic E-state index is 0.00548. The summed E-state index contributed by atoms with van der Waals surface area (Å²) in [6.45, 7) is 4.39. The number of nitrogens with zero attached hydrogens (tertiary/aromatic N) is 1. The third kappa shape index (κ3) is 7.39. The van der Waals surface area contributed by atoms with Crippen LogP contribution in [0.25, 0.3) is 0 Å². The average Bonchev–Trinajstić information content (AvgIpc) is 3.50. The van der Waals surface area contributed by atoms with Gasteiger partial charge in [-0.2, -0.15) is 4.31 Å². The summed E-state index contributed by atoms with van der Waals surface area (Å²) in [7, 11) is -2.42. The molecule has 3 N–H and O–H groups in total. The summed E-state index contributed by atoms with van der Waals surface area (Å²) in [6.07, 6.45) is -1.88. The fraction of sp³-hybridized carbons (Fsp3) is 0.552. The molecular weight excluding hydrogens is 536 g/mol. The van der Waals surface area contributed by atoms with Gasteiger partial charge in [0.05, 0.1) is 43.7 Å². The van der Waals surface area contributed by atoms with Crippen LogP contribution in [0.3, 0.4) is 0 Å². The van der Waals surface area contributed by atoms with Crippen molar-refractivity contribution in [2.75, 3.05) is 33.4 Å². The molecule has 0 amide bonds. The number of carbonyl (C=O) groups excluding carboxylic acids is 1. The van der Waals surface area contributed by atoms with E-state index in [0.717, 1.165) is 5.56 Å². The van der Waals surface area contributed by atoms with Crippen molar-refractivity contribution < 1.29 is 37.3 Å². The zero-order valence-corrected chi connectivity index (χ0v) is 24.0. The fourth-order valence-electron chi connectivity index (χ4n) is 5.28. The van der Waals surface area contributed by atoms with Crippen LogP contribution in [0.5, 0.6) is 5.75 Å². The molecule has 0 bridgehead atoms. The molecule has 2 fully saturated rings. The lowest BCUT2D eigenvalue weighted by molar-refractivity contribution is -0.153. The lowest BCUT2D eigenvalue weighted by Gasteiger charge is -2.30. The van der Waals surface area contributed by atoms with E-state index in [1.165, 1.54) is 23.5 Å². The smallest absolute Gasteiger partial charge is 0.306 e. The molecule has 2 heterocycles. The van der Waals surface area contributed by atoms with Gasteiger partial charge in [-0.15, -0.1) is 0 Å². The number of aliphatic hydroxyl groups is 1. The van der Waals surface area contributed by atoms with Crippen LogP contribution in [0.2, 0.25) is 0 Å². The second-order valence-electron chi connectivity index (χ2n) is 10.9. The number of carbonyl (C=O) groups is 1. The third-order valence-electron chi connectivity index (χ3n) is 7.37. The highest BCUT2D eigenvalue weighted by Crippen LogP contribution is 2.33. The van der Waals surface area contributed by atoms with Crippen LogP contribution in [0.4, 0.5) is 0 Å². The SMILES string of the molecule is COc1ccc(S(=O)(=O)N(CC(C)C)C[C@@H](O)[C@@H](CC(=O)O[C@H]2CO[C@H]3OC[C@H](N)[C@H]32)Cc2ccccc2)cc1. The van der Waals surface area contributed by atoms with Crippen LogP contribution in [0.15, 0.2) is 59.5 Å². The number of benzene rings is 2. The Hall–Kier alpha value is -2.54. The lowest BCUT2D eigenvalue weighted by atomic mass is 9.90. The van der Waals surface area contributed by atoms with Crippen molar-refractivity contribution in [3.8, 4) is 5.75 Å². The Labute approximate surface area is 236 Å². The predicted octanol–water partition coefficient (Wildman–Crippen LogP) is 2.19. The summed E-state index contributed by atoms with van der Waals surface area (Å²) < 4.78 is 50.5. The highest BCUT2D eigenvalue weighted by atomic mass is 32.2. The molecule has 0 radical (unpaired) electrons. The number of fused-ring (bicyclic) bond motifs is 1. The van der Waals surface area contributed by atoms with E-state index >= 15 is 0 Å². The zero-order valence-electron chi connectivity index (χ0n) is 23.2. The number of hydrogen-bond acceptors (Lipinski definition) is 9. The summed E-state index contributed by atoms with van der Waals surface area (Å²) in [5.41, 5.74) is 7.05. The molecule has 0 saturated carbocycles. The molecule has 6 atom stereocenters. The van der Waals surface area contributed by atoms with Gasteiger partial charge in [0.2, 0.25) is 10.0 Å². The van der Waals surface area contributed by atoms with E-state index in [-0.39, 0.29) is 48.9 Å². The van der Waals surface area contributed by atoms with Crippen LogP contribution in [0.1, 0.15) is 25.8 Å². The van der Waals surface area contributed by atoms with Crippen molar-refractivity contribution in [3.05, 3.63) is 60.2 Å². The standard InChI is InChI=1S/C29H40N2O8S/c1-19(2)15-31(40(34,35)23-11-9-22(36-3)10-12-23)16-25(32)21(13-20-7-5-4-6-8-20)14-27(33)39-26-18-38-29-28(26)24(30)17-37-29/h4-12,19,21,24-26,28-29,32H,13-18,30H2,1-3H3/t21-,24+,25-,26+,28+,29-/m1/s1. The number of nitrogens with two attached hydrogens (primary N) is 1. The molecule has 0 aromatic heterocycles. The number of methoxy groups -OCH3 is 1. The van der Waals surface area contributed by atoms with Crippen molar-refractivity contribution in [2.45, 2.75) is 56.1 Å². The molecule has 2 aromatic carbocycles. The maximum atomic E-state index is 13.6. The molecule has 2 aliphatic rings. The van der Waals surface area contributed by atoms with Crippen LogP contribution >= 0.6 is 0 Å². The molecule has 40 heavy (non-hydrogen) atoms. The first-order valence-corrected chi connectivity index (χ1v) is 15.1.